The van der Waals surface area contributed by atoms with Gasteiger partial charge in [-0.05, 0) is 38.5 Å². The summed E-state index contributed by atoms with van der Waals surface area (Å²) in [6.45, 7) is 7.05. The van der Waals surface area contributed by atoms with E-state index in [2.05, 4.69) is 36.1 Å². The highest BCUT2D eigenvalue weighted by Gasteiger charge is 2.09. The molecule has 0 unspecified atom stereocenters. The summed E-state index contributed by atoms with van der Waals surface area (Å²) in [4.78, 5) is 8.67. The zero-order valence-electron chi connectivity index (χ0n) is 12.5. The van der Waals surface area contributed by atoms with Gasteiger partial charge >= 0.3 is 0 Å². The van der Waals surface area contributed by atoms with Gasteiger partial charge in [-0.1, -0.05) is 17.7 Å². The summed E-state index contributed by atoms with van der Waals surface area (Å²) in [7, 11) is 0. The van der Waals surface area contributed by atoms with E-state index in [9.17, 15) is 4.39 Å². The van der Waals surface area contributed by atoms with Crippen LogP contribution >= 0.6 is 11.6 Å². The van der Waals surface area contributed by atoms with E-state index in [4.69, 9.17) is 11.6 Å². The molecule has 2 rings (SSSR count). The molecule has 1 aromatic heterocycles. The summed E-state index contributed by atoms with van der Waals surface area (Å²) in [5, 5.41) is 3.78. The second kappa shape index (κ2) is 6.50. The predicted octanol–water partition coefficient (Wildman–Crippen LogP) is 3.75. The molecule has 3 nitrogen and oxygen atoms in total. The van der Waals surface area contributed by atoms with Crippen molar-refractivity contribution in [2.75, 3.05) is 0 Å². The quantitative estimate of drug-likeness (QED) is 0.935. The van der Waals surface area contributed by atoms with Crippen LogP contribution in [0.4, 0.5) is 4.39 Å². The van der Waals surface area contributed by atoms with E-state index in [-0.39, 0.29) is 11.4 Å². The zero-order chi connectivity index (χ0) is 15.5. The van der Waals surface area contributed by atoms with Crippen LogP contribution in [0.15, 0.2) is 30.6 Å². The third kappa shape index (κ3) is 5.06. The first-order chi connectivity index (χ1) is 9.83. The lowest BCUT2D eigenvalue weighted by Crippen LogP contribution is -2.35. The van der Waals surface area contributed by atoms with Crippen LogP contribution in [0.3, 0.4) is 0 Å². The van der Waals surface area contributed by atoms with Crippen LogP contribution in [0, 0.1) is 5.82 Å². The molecule has 2 aromatic rings. The van der Waals surface area contributed by atoms with Crippen molar-refractivity contribution in [1.82, 2.24) is 15.3 Å². The fraction of sp³-hybridized carbons (Fsp3) is 0.375. The molecule has 0 aliphatic heterocycles. The van der Waals surface area contributed by atoms with E-state index in [1.54, 1.807) is 18.5 Å². The van der Waals surface area contributed by atoms with Crippen LogP contribution in [0.25, 0.3) is 0 Å². The molecule has 0 atom stereocenters. The van der Waals surface area contributed by atoms with Crippen molar-refractivity contribution in [2.45, 2.75) is 39.3 Å². The molecule has 5 heteroatoms. The molecule has 0 spiro atoms. The summed E-state index contributed by atoms with van der Waals surface area (Å²) in [5.74, 6) is 0.330. The maximum absolute atomic E-state index is 13.0. The third-order valence-corrected chi connectivity index (χ3v) is 3.30. The second-order valence-electron chi connectivity index (χ2n) is 6.02. The van der Waals surface area contributed by atoms with E-state index >= 15 is 0 Å². The molecule has 0 saturated heterocycles. The number of halogens is 2. The molecule has 0 radical (unpaired) electrons. The van der Waals surface area contributed by atoms with Gasteiger partial charge in [0.05, 0.1) is 0 Å². The Kier molecular flexibility index (Phi) is 4.91. The van der Waals surface area contributed by atoms with Crippen molar-refractivity contribution in [3.63, 3.8) is 0 Å². The molecule has 0 amide bonds. The van der Waals surface area contributed by atoms with E-state index in [1.807, 2.05) is 0 Å². The van der Waals surface area contributed by atoms with E-state index in [0.29, 0.717) is 17.3 Å². The largest absolute Gasteiger partial charge is 0.308 e. The van der Waals surface area contributed by atoms with Gasteiger partial charge in [-0.3, -0.25) is 0 Å². The molecular formula is C16H19ClFN3. The van der Waals surface area contributed by atoms with Gasteiger partial charge in [0.25, 0.3) is 0 Å². The number of rotatable bonds is 4. The van der Waals surface area contributed by atoms with Gasteiger partial charge in [-0.15, -0.1) is 0 Å². The Morgan fingerprint density at radius 1 is 1.19 bits per heavy atom. The molecule has 0 aliphatic rings. The molecule has 1 aromatic carbocycles. The first-order valence-electron chi connectivity index (χ1n) is 6.82. The second-order valence-corrected chi connectivity index (χ2v) is 6.43. The van der Waals surface area contributed by atoms with Crippen molar-refractivity contribution in [3.05, 3.63) is 58.4 Å². The van der Waals surface area contributed by atoms with E-state index in [0.717, 1.165) is 17.7 Å². The smallest absolute Gasteiger partial charge is 0.132 e. The fourth-order valence-corrected chi connectivity index (χ4v) is 2.00. The van der Waals surface area contributed by atoms with Crippen LogP contribution in [0.5, 0.6) is 0 Å². The minimum Gasteiger partial charge on any atom is -0.308 e. The highest BCUT2D eigenvalue weighted by molar-refractivity contribution is 6.31. The van der Waals surface area contributed by atoms with Crippen molar-refractivity contribution >= 4 is 11.6 Å². The number of nitrogens with one attached hydrogen (secondary N) is 1. The molecule has 0 bridgehead atoms. The van der Waals surface area contributed by atoms with E-state index in [1.165, 1.54) is 12.1 Å². The van der Waals surface area contributed by atoms with Crippen molar-refractivity contribution in [3.8, 4) is 0 Å². The number of nitrogens with zero attached hydrogens (tertiary/aromatic N) is 2. The Bertz CT molecular complexity index is 606. The lowest BCUT2D eigenvalue weighted by atomic mass is 10.1. The molecular weight excluding hydrogens is 289 g/mol. The average Bonchev–Trinajstić information content (AvgIpc) is 2.40. The Balaban J connectivity index is 2.02. The summed E-state index contributed by atoms with van der Waals surface area (Å²) in [6.07, 6.45) is 4.10. The molecule has 0 saturated carbocycles. The highest BCUT2D eigenvalue weighted by Crippen LogP contribution is 2.19. The summed E-state index contributed by atoms with van der Waals surface area (Å²) in [6, 6.07) is 4.36. The Morgan fingerprint density at radius 2 is 1.86 bits per heavy atom. The van der Waals surface area contributed by atoms with Gasteiger partial charge < -0.3 is 5.32 Å². The predicted molar refractivity (Wildman–Crippen MR) is 82.8 cm³/mol. The van der Waals surface area contributed by atoms with Gasteiger partial charge in [0, 0.05) is 41.5 Å². The van der Waals surface area contributed by atoms with Crippen molar-refractivity contribution in [2.24, 2.45) is 0 Å². The van der Waals surface area contributed by atoms with Crippen molar-refractivity contribution < 1.29 is 4.39 Å². The molecule has 112 valence electrons. The molecule has 1 heterocycles. The summed E-state index contributed by atoms with van der Waals surface area (Å²) < 4.78 is 13.0. The maximum atomic E-state index is 13.0. The van der Waals surface area contributed by atoms with Gasteiger partial charge in [0.2, 0.25) is 0 Å². The number of aromatic nitrogens is 2. The lowest BCUT2D eigenvalue weighted by molar-refractivity contribution is 0.423. The van der Waals surface area contributed by atoms with Crippen LogP contribution in [-0.4, -0.2) is 15.5 Å². The molecule has 0 fully saturated rings. The Labute approximate surface area is 129 Å². The first kappa shape index (κ1) is 15.9. The van der Waals surface area contributed by atoms with Gasteiger partial charge in [-0.25, -0.2) is 14.4 Å². The van der Waals surface area contributed by atoms with Gasteiger partial charge in [-0.2, -0.15) is 0 Å². The van der Waals surface area contributed by atoms with Crippen LogP contribution in [0.2, 0.25) is 5.02 Å². The monoisotopic (exact) mass is 307 g/mol. The number of hydrogen-bond acceptors (Lipinski definition) is 3. The summed E-state index contributed by atoms with van der Waals surface area (Å²) in [5.41, 5.74) is 1.90. The minimum atomic E-state index is -0.340. The van der Waals surface area contributed by atoms with Gasteiger partial charge in [0.15, 0.2) is 0 Å². The SMILES string of the molecule is CC(C)(C)NCc1cnc(Cc2ccc(F)cc2Cl)nc1. The standard InChI is InChI=1S/C16H19ClFN3/c1-16(2,3)21-10-11-8-19-15(20-9-11)6-12-4-5-13(18)7-14(12)17/h4-5,7-9,21H,6,10H2,1-3H3. The average molecular weight is 308 g/mol. The minimum absolute atomic E-state index is 0.0559. The molecule has 1 N–H and O–H groups in total. The number of hydrogen-bond donors (Lipinski definition) is 1. The number of benzene rings is 1. The van der Waals surface area contributed by atoms with E-state index < -0.39 is 0 Å². The molecule has 0 aliphatic carbocycles. The third-order valence-electron chi connectivity index (χ3n) is 2.95. The maximum Gasteiger partial charge on any atom is 0.132 e. The normalized spacial score (nSPS) is 11.7. The molecule has 21 heavy (non-hydrogen) atoms. The lowest BCUT2D eigenvalue weighted by Gasteiger charge is -2.20. The topological polar surface area (TPSA) is 37.8 Å². The zero-order valence-corrected chi connectivity index (χ0v) is 13.2. The van der Waals surface area contributed by atoms with Gasteiger partial charge in [0.1, 0.15) is 11.6 Å². The Hall–Kier alpha value is -1.52. The Morgan fingerprint density at radius 3 is 2.43 bits per heavy atom. The summed E-state index contributed by atoms with van der Waals surface area (Å²) >= 11 is 6.01. The fourth-order valence-electron chi connectivity index (χ4n) is 1.77. The van der Waals surface area contributed by atoms with Crippen molar-refractivity contribution in [1.29, 1.82) is 0 Å². The van der Waals surface area contributed by atoms with Crippen LogP contribution in [-0.2, 0) is 13.0 Å². The highest BCUT2D eigenvalue weighted by atomic mass is 35.5. The van der Waals surface area contributed by atoms with Crippen LogP contribution in [0.1, 0.15) is 37.7 Å². The van der Waals surface area contributed by atoms with Crippen LogP contribution < -0.4 is 5.32 Å². The first-order valence-corrected chi connectivity index (χ1v) is 7.20.